The van der Waals surface area contributed by atoms with Gasteiger partial charge < -0.3 is 14.8 Å². The first-order valence-electron chi connectivity index (χ1n) is 10.9. The van der Waals surface area contributed by atoms with E-state index < -0.39 is 17.5 Å². The number of piperidine rings is 1. The van der Waals surface area contributed by atoms with Crippen LogP contribution in [0.2, 0.25) is 0 Å². The maximum Gasteiger partial charge on any atom is 0.251 e. The second-order valence-corrected chi connectivity index (χ2v) is 8.13. The SMILES string of the molecule is CCC(=O)N1CCCC(Cn2c(-c3c(F)cc(C(=O)NC)cc3F)nc3ccccc32)C1. The lowest BCUT2D eigenvalue weighted by Crippen LogP contribution is -2.40. The molecule has 168 valence electrons. The van der Waals surface area contributed by atoms with Gasteiger partial charge in [0.15, 0.2) is 0 Å². The van der Waals surface area contributed by atoms with Gasteiger partial charge in [-0.1, -0.05) is 19.1 Å². The Kier molecular flexibility index (Phi) is 6.21. The van der Waals surface area contributed by atoms with Crippen molar-refractivity contribution in [3.05, 3.63) is 53.6 Å². The van der Waals surface area contributed by atoms with Crippen LogP contribution in [0.1, 0.15) is 36.5 Å². The maximum atomic E-state index is 15.1. The Bertz CT molecular complexity index is 1150. The summed E-state index contributed by atoms with van der Waals surface area (Å²) in [5, 5.41) is 2.37. The van der Waals surface area contributed by atoms with Gasteiger partial charge in [-0.25, -0.2) is 13.8 Å². The van der Waals surface area contributed by atoms with E-state index in [0.29, 0.717) is 25.0 Å². The third kappa shape index (κ3) is 4.09. The number of carbonyl (C=O) groups excluding carboxylic acids is 2. The fourth-order valence-corrected chi connectivity index (χ4v) is 4.44. The third-order valence-electron chi connectivity index (χ3n) is 6.02. The second-order valence-electron chi connectivity index (χ2n) is 8.13. The molecule has 8 heteroatoms. The number of benzene rings is 2. The topological polar surface area (TPSA) is 67.2 Å². The minimum absolute atomic E-state index is 0.0880. The van der Waals surface area contributed by atoms with Crippen LogP contribution in [0.5, 0.6) is 0 Å². The molecule has 0 radical (unpaired) electrons. The van der Waals surface area contributed by atoms with E-state index >= 15 is 8.78 Å². The number of rotatable bonds is 5. The van der Waals surface area contributed by atoms with Gasteiger partial charge >= 0.3 is 0 Å². The largest absolute Gasteiger partial charge is 0.355 e. The fraction of sp³-hybridized carbons (Fsp3) is 0.375. The number of aromatic nitrogens is 2. The third-order valence-corrected chi connectivity index (χ3v) is 6.02. The Morgan fingerprint density at radius 2 is 1.91 bits per heavy atom. The summed E-state index contributed by atoms with van der Waals surface area (Å²) in [6.45, 7) is 3.69. The van der Waals surface area contributed by atoms with E-state index in [4.69, 9.17) is 0 Å². The summed E-state index contributed by atoms with van der Waals surface area (Å²) in [4.78, 5) is 30.4. The number of fused-ring (bicyclic) bond motifs is 1. The summed E-state index contributed by atoms with van der Waals surface area (Å²) in [7, 11) is 1.40. The molecule has 1 unspecified atom stereocenters. The fourth-order valence-electron chi connectivity index (χ4n) is 4.44. The lowest BCUT2D eigenvalue weighted by molar-refractivity contribution is -0.132. The lowest BCUT2D eigenvalue weighted by Gasteiger charge is -2.33. The highest BCUT2D eigenvalue weighted by Gasteiger charge is 2.27. The molecule has 3 aromatic rings. The van der Waals surface area contributed by atoms with E-state index in [9.17, 15) is 9.59 Å². The van der Waals surface area contributed by atoms with Crippen LogP contribution < -0.4 is 5.32 Å². The molecule has 6 nitrogen and oxygen atoms in total. The first kappa shape index (κ1) is 21.9. The number of hydrogen-bond acceptors (Lipinski definition) is 3. The molecule has 0 aliphatic carbocycles. The van der Waals surface area contributed by atoms with E-state index in [1.165, 1.54) is 7.05 Å². The standard InChI is InChI=1S/C24H26F2N4O2/c1-3-21(31)29-10-6-7-15(13-29)14-30-20-9-5-4-8-19(20)28-23(30)22-17(25)11-16(12-18(22)26)24(32)27-2/h4-5,8-9,11-12,15H,3,6-7,10,13-14H2,1-2H3,(H,27,32). The molecule has 2 aromatic carbocycles. The zero-order chi connectivity index (χ0) is 22.8. The number of nitrogens with one attached hydrogen (secondary N) is 1. The average molecular weight is 440 g/mol. The van der Waals surface area contributed by atoms with Gasteiger partial charge in [-0.3, -0.25) is 9.59 Å². The van der Waals surface area contributed by atoms with Crippen LogP contribution in [0.15, 0.2) is 36.4 Å². The summed E-state index contributed by atoms with van der Waals surface area (Å²) in [6.07, 6.45) is 2.27. The summed E-state index contributed by atoms with van der Waals surface area (Å²) < 4.78 is 32.0. The summed E-state index contributed by atoms with van der Waals surface area (Å²) in [5.74, 6) is -1.80. The number of hydrogen-bond donors (Lipinski definition) is 1. The molecule has 32 heavy (non-hydrogen) atoms. The Balaban J connectivity index is 1.77. The van der Waals surface area contributed by atoms with Crippen molar-refractivity contribution in [1.29, 1.82) is 0 Å². The van der Waals surface area contributed by atoms with Gasteiger partial charge in [-0.15, -0.1) is 0 Å². The predicted molar refractivity (Wildman–Crippen MR) is 118 cm³/mol. The van der Waals surface area contributed by atoms with Gasteiger partial charge in [0.1, 0.15) is 17.5 Å². The number of imidazole rings is 1. The molecule has 0 saturated carbocycles. The van der Waals surface area contributed by atoms with Gasteiger partial charge in [-0.2, -0.15) is 0 Å². The highest BCUT2D eigenvalue weighted by atomic mass is 19.1. The van der Waals surface area contributed by atoms with Gasteiger partial charge in [-0.05, 0) is 43.0 Å². The molecule has 0 bridgehead atoms. The Labute approximate surface area is 185 Å². The molecule has 0 spiro atoms. The number of halogens is 2. The first-order valence-corrected chi connectivity index (χ1v) is 10.9. The van der Waals surface area contributed by atoms with Crippen LogP contribution in [0, 0.1) is 17.6 Å². The van der Waals surface area contributed by atoms with Crippen LogP contribution in [-0.2, 0) is 11.3 Å². The van der Waals surface area contributed by atoms with Crippen molar-refractivity contribution in [1.82, 2.24) is 19.8 Å². The number of amides is 2. The summed E-state index contributed by atoms with van der Waals surface area (Å²) in [5.41, 5.74) is 1.06. The first-order chi connectivity index (χ1) is 15.4. The molecular weight excluding hydrogens is 414 g/mol. The van der Waals surface area contributed by atoms with Crippen molar-refractivity contribution in [2.45, 2.75) is 32.7 Å². The lowest BCUT2D eigenvalue weighted by atomic mass is 9.97. The quantitative estimate of drug-likeness (QED) is 0.652. The van der Waals surface area contributed by atoms with E-state index in [2.05, 4.69) is 10.3 Å². The van der Waals surface area contributed by atoms with E-state index in [0.717, 1.165) is 37.0 Å². The van der Waals surface area contributed by atoms with Gasteiger partial charge in [0.25, 0.3) is 5.91 Å². The van der Waals surface area contributed by atoms with Crippen LogP contribution in [0.25, 0.3) is 22.4 Å². The molecule has 1 saturated heterocycles. The molecular formula is C24H26F2N4O2. The van der Waals surface area contributed by atoms with Crippen molar-refractivity contribution >= 4 is 22.8 Å². The second kappa shape index (κ2) is 9.06. The molecule has 1 aliphatic rings. The van der Waals surface area contributed by atoms with Gasteiger partial charge in [0.2, 0.25) is 5.91 Å². The molecule has 4 rings (SSSR count). The number of likely N-dealkylation sites (tertiary alicyclic amines) is 1. The zero-order valence-electron chi connectivity index (χ0n) is 18.2. The minimum atomic E-state index is -0.841. The highest BCUT2D eigenvalue weighted by Crippen LogP contribution is 2.32. The van der Waals surface area contributed by atoms with Crippen LogP contribution >= 0.6 is 0 Å². The Hall–Kier alpha value is -3.29. The summed E-state index contributed by atoms with van der Waals surface area (Å²) >= 11 is 0. The molecule has 2 heterocycles. The summed E-state index contributed by atoms with van der Waals surface area (Å²) in [6, 6.07) is 9.43. The van der Waals surface area contributed by atoms with Gasteiger partial charge in [0, 0.05) is 38.7 Å². The van der Waals surface area contributed by atoms with E-state index in [1.807, 2.05) is 34.6 Å². The molecule has 1 fully saturated rings. The van der Waals surface area contributed by atoms with E-state index in [1.54, 1.807) is 6.07 Å². The highest BCUT2D eigenvalue weighted by molar-refractivity contribution is 5.94. The number of carbonyl (C=O) groups is 2. The minimum Gasteiger partial charge on any atom is -0.355 e. The van der Waals surface area contributed by atoms with Crippen molar-refractivity contribution in [2.75, 3.05) is 20.1 Å². The van der Waals surface area contributed by atoms with Crippen molar-refractivity contribution in [3.8, 4) is 11.4 Å². The zero-order valence-corrected chi connectivity index (χ0v) is 18.2. The van der Waals surface area contributed by atoms with Crippen LogP contribution in [-0.4, -0.2) is 46.4 Å². The van der Waals surface area contributed by atoms with E-state index in [-0.39, 0.29) is 28.8 Å². The molecule has 1 aromatic heterocycles. The Morgan fingerprint density at radius 3 is 2.59 bits per heavy atom. The normalized spacial score (nSPS) is 16.4. The average Bonchev–Trinajstić information content (AvgIpc) is 3.15. The molecule has 1 atom stereocenters. The maximum absolute atomic E-state index is 15.1. The smallest absolute Gasteiger partial charge is 0.251 e. The predicted octanol–water partition coefficient (Wildman–Crippen LogP) is 3.99. The molecule has 1 aliphatic heterocycles. The van der Waals surface area contributed by atoms with Crippen molar-refractivity contribution in [2.24, 2.45) is 5.92 Å². The monoisotopic (exact) mass is 440 g/mol. The number of para-hydroxylation sites is 2. The van der Waals surface area contributed by atoms with Crippen molar-refractivity contribution in [3.63, 3.8) is 0 Å². The van der Waals surface area contributed by atoms with Crippen LogP contribution in [0.3, 0.4) is 0 Å². The molecule has 2 amide bonds. The van der Waals surface area contributed by atoms with Crippen molar-refractivity contribution < 1.29 is 18.4 Å². The molecule has 1 N–H and O–H groups in total. The number of nitrogens with zero attached hydrogens (tertiary/aromatic N) is 3. The van der Waals surface area contributed by atoms with Crippen LogP contribution in [0.4, 0.5) is 8.78 Å². The van der Waals surface area contributed by atoms with Gasteiger partial charge in [0.05, 0.1) is 16.6 Å². The Morgan fingerprint density at radius 1 is 1.19 bits per heavy atom.